The molecule has 0 radical (unpaired) electrons. The standard InChI is InChI=1S/C22H17N3O6/c1-30-20-12-15(14-23-24-21(26)16-6-3-2-4-7-16)10-11-19(20)31-22(27)17-8-5-9-18(13-17)25(28)29/h2-14H,1H3,(H,24,26)/b23-14+. The van der Waals surface area contributed by atoms with Gasteiger partial charge >= 0.3 is 5.97 Å². The second-order valence-corrected chi connectivity index (χ2v) is 6.17. The fourth-order valence-corrected chi connectivity index (χ4v) is 2.57. The molecule has 0 saturated heterocycles. The number of carbonyl (C=O) groups excluding carboxylic acids is 2. The number of amides is 1. The van der Waals surface area contributed by atoms with E-state index in [1.165, 1.54) is 37.6 Å². The molecule has 0 atom stereocenters. The van der Waals surface area contributed by atoms with E-state index in [2.05, 4.69) is 10.5 Å². The van der Waals surface area contributed by atoms with Crippen molar-refractivity contribution in [1.82, 2.24) is 5.43 Å². The fraction of sp³-hybridized carbons (Fsp3) is 0.0455. The largest absolute Gasteiger partial charge is 0.493 e. The lowest BCUT2D eigenvalue weighted by Crippen LogP contribution is -2.17. The summed E-state index contributed by atoms with van der Waals surface area (Å²) in [6, 6.07) is 18.5. The predicted molar refractivity (Wildman–Crippen MR) is 113 cm³/mol. The van der Waals surface area contributed by atoms with Crippen LogP contribution < -0.4 is 14.9 Å². The zero-order valence-electron chi connectivity index (χ0n) is 16.3. The molecule has 0 unspecified atom stereocenters. The van der Waals surface area contributed by atoms with Crippen LogP contribution in [0.15, 0.2) is 77.9 Å². The van der Waals surface area contributed by atoms with Crippen LogP contribution >= 0.6 is 0 Å². The number of methoxy groups -OCH3 is 1. The lowest BCUT2D eigenvalue weighted by atomic mass is 10.2. The van der Waals surface area contributed by atoms with Crippen molar-refractivity contribution in [2.24, 2.45) is 5.10 Å². The molecule has 1 N–H and O–H groups in total. The summed E-state index contributed by atoms with van der Waals surface area (Å²) >= 11 is 0. The summed E-state index contributed by atoms with van der Waals surface area (Å²) in [4.78, 5) is 34.6. The second kappa shape index (κ2) is 9.79. The molecule has 0 fully saturated rings. The normalized spacial score (nSPS) is 10.5. The van der Waals surface area contributed by atoms with Crippen LogP contribution in [-0.4, -0.2) is 30.1 Å². The molecule has 9 nitrogen and oxygen atoms in total. The summed E-state index contributed by atoms with van der Waals surface area (Å²) in [5, 5.41) is 14.8. The summed E-state index contributed by atoms with van der Waals surface area (Å²) in [5.74, 6) is -0.744. The molecular weight excluding hydrogens is 402 g/mol. The number of nitro groups is 1. The fourth-order valence-electron chi connectivity index (χ4n) is 2.57. The van der Waals surface area contributed by atoms with Crippen LogP contribution in [0.1, 0.15) is 26.3 Å². The number of ether oxygens (including phenoxy) is 2. The zero-order chi connectivity index (χ0) is 22.2. The second-order valence-electron chi connectivity index (χ2n) is 6.17. The van der Waals surface area contributed by atoms with Crippen LogP contribution in [0.3, 0.4) is 0 Å². The molecule has 0 heterocycles. The number of nitro benzene ring substituents is 1. The van der Waals surface area contributed by atoms with E-state index in [0.29, 0.717) is 11.1 Å². The van der Waals surface area contributed by atoms with E-state index < -0.39 is 10.9 Å². The first-order valence-electron chi connectivity index (χ1n) is 9.01. The van der Waals surface area contributed by atoms with E-state index in [1.54, 1.807) is 42.5 Å². The number of rotatable bonds is 7. The first kappa shape index (κ1) is 21.2. The molecule has 31 heavy (non-hydrogen) atoms. The van der Waals surface area contributed by atoms with E-state index in [-0.39, 0.29) is 28.7 Å². The van der Waals surface area contributed by atoms with Crippen LogP contribution in [0, 0.1) is 10.1 Å². The summed E-state index contributed by atoms with van der Waals surface area (Å²) in [5.41, 5.74) is 3.29. The molecule has 3 rings (SSSR count). The Morgan fingerprint density at radius 2 is 1.71 bits per heavy atom. The Hall–Kier alpha value is -4.53. The zero-order valence-corrected chi connectivity index (χ0v) is 16.3. The lowest BCUT2D eigenvalue weighted by molar-refractivity contribution is -0.384. The van der Waals surface area contributed by atoms with Crippen molar-refractivity contribution < 1.29 is 24.0 Å². The van der Waals surface area contributed by atoms with E-state index >= 15 is 0 Å². The third kappa shape index (κ3) is 5.51. The molecule has 3 aromatic rings. The van der Waals surface area contributed by atoms with E-state index in [1.807, 2.05) is 0 Å². The minimum absolute atomic E-state index is 0.0329. The van der Waals surface area contributed by atoms with Gasteiger partial charge in [0.25, 0.3) is 11.6 Å². The summed E-state index contributed by atoms with van der Waals surface area (Å²) < 4.78 is 10.6. The number of carbonyl (C=O) groups is 2. The van der Waals surface area contributed by atoms with E-state index in [4.69, 9.17) is 9.47 Å². The lowest BCUT2D eigenvalue weighted by Gasteiger charge is -2.10. The molecule has 156 valence electrons. The molecule has 0 saturated carbocycles. The number of hydrogen-bond acceptors (Lipinski definition) is 7. The highest BCUT2D eigenvalue weighted by atomic mass is 16.6. The van der Waals surface area contributed by atoms with Gasteiger partial charge in [0.15, 0.2) is 11.5 Å². The van der Waals surface area contributed by atoms with Gasteiger partial charge in [-0.1, -0.05) is 24.3 Å². The molecule has 0 aromatic heterocycles. The van der Waals surface area contributed by atoms with Crippen molar-refractivity contribution in [3.8, 4) is 11.5 Å². The number of esters is 1. The van der Waals surface area contributed by atoms with Crippen molar-refractivity contribution in [3.63, 3.8) is 0 Å². The van der Waals surface area contributed by atoms with Crippen molar-refractivity contribution >= 4 is 23.8 Å². The van der Waals surface area contributed by atoms with Crippen LogP contribution in [0.5, 0.6) is 11.5 Å². The van der Waals surface area contributed by atoms with Crippen LogP contribution in [-0.2, 0) is 0 Å². The highest BCUT2D eigenvalue weighted by Gasteiger charge is 2.16. The Morgan fingerprint density at radius 3 is 2.42 bits per heavy atom. The highest BCUT2D eigenvalue weighted by molar-refractivity contribution is 5.95. The van der Waals surface area contributed by atoms with Crippen molar-refractivity contribution in [2.45, 2.75) is 0 Å². The monoisotopic (exact) mass is 419 g/mol. The average Bonchev–Trinajstić information content (AvgIpc) is 2.80. The Kier molecular flexibility index (Phi) is 6.69. The van der Waals surface area contributed by atoms with Gasteiger partial charge in [0.05, 0.1) is 23.8 Å². The number of nitrogens with one attached hydrogen (secondary N) is 1. The van der Waals surface area contributed by atoms with Gasteiger partial charge in [-0.3, -0.25) is 14.9 Å². The van der Waals surface area contributed by atoms with Crippen LogP contribution in [0.4, 0.5) is 5.69 Å². The first-order valence-corrected chi connectivity index (χ1v) is 9.01. The van der Waals surface area contributed by atoms with Gasteiger partial charge < -0.3 is 9.47 Å². The SMILES string of the molecule is COc1cc(/C=N/NC(=O)c2ccccc2)ccc1OC(=O)c1cccc([N+](=O)[O-])c1. The summed E-state index contributed by atoms with van der Waals surface area (Å²) in [6.45, 7) is 0. The molecule has 0 bridgehead atoms. The molecule has 3 aromatic carbocycles. The quantitative estimate of drug-likeness (QED) is 0.205. The highest BCUT2D eigenvalue weighted by Crippen LogP contribution is 2.28. The van der Waals surface area contributed by atoms with Crippen molar-refractivity contribution in [1.29, 1.82) is 0 Å². The number of non-ortho nitro benzene ring substituents is 1. The van der Waals surface area contributed by atoms with Gasteiger partial charge in [0.2, 0.25) is 0 Å². The molecule has 9 heteroatoms. The number of hydrogen-bond donors (Lipinski definition) is 1. The molecule has 0 spiro atoms. The van der Waals surface area contributed by atoms with E-state index in [9.17, 15) is 19.7 Å². The molecule has 0 aliphatic rings. The minimum atomic E-state index is -0.765. The molecule has 1 amide bonds. The average molecular weight is 419 g/mol. The van der Waals surface area contributed by atoms with Gasteiger partial charge in [-0.15, -0.1) is 0 Å². The summed E-state index contributed by atoms with van der Waals surface area (Å²) in [6.07, 6.45) is 1.41. The first-order chi connectivity index (χ1) is 15.0. The smallest absolute Gasteiger partial charge is 0.343 e. The maximum atomic E-state index is 12.3. The van der Waals surface area contributed by atoms with Crippen LogP contribution in [0.25, 0.3) is 0 Å². The molecule has 0 aliphatic heterocycles. The maximum Gasteiger partial charge on any atom is 0.343 e. The Morgan fingerprint density at radius 1 is 0.968 bits per heavy atom. The summed E-state index contributed by atoms with van der Waals surface area (Å²) in [7, 11) is 1.40. The number of nitrogens with zero attached hydrogens (tertiary/aromatic N) is 2. The van der Waals surface area contributed by atoms with Crippen LogP contribution in [0.2, 0.25) is 0 Å². The van der Waals surface area contributed by atoms with Gasteiger partial charge in [0.1, 0.15) is 0 Å². The van der Waals surface area contributed by atoms with Gasteiger partial charge in [-0.05, 0) is 42.0 Å². The van der Waals surface area contributed by atoms with Gasteiger partial charge in [0, 0.05) is 17.7 Å². The molecule has 0 aliphatic carbocycles. The third-order valence-electron chi connectivity index (χ3n) is 4.10. The molecular formula is C22H17N3O6. The Balaban J connectivity index is 1.69. The van der Waals surface area contributed by atoms with Gasteiger partial charge in [-0.2, -0.15) is 5.10 Å². The minimum Gasteiger partial charge on any atom is -0.493 e. The van der Waals surface area contributed by atoms with Crippen molar-refractivity contribution in [3.05, 3.63) is 99.6 Å². The third-order valence-corrected chi connectivity index (χ3v) is 4.10. The topological polar surface area (TPSA) is 120 Å². The Bertz CT molecular complexity index is 1140. The predicted octanol–water partition coefficient (Wildman–Crippen LogP) is 3.59. The van der Waals surface area contributed by atoms with Crippen molar-refractivity contribution in [2.75, 3.05) is 7.11 Å². The Labute approximate surface area is 177 Å². The number of hydrazone groups is 1. The number of benzene rings is 3. The maximum absolute atomic E-state index is 12.3. The van der Waals surface area contributed by atoms with Gasteiger partial charge in [-0.25, -0.2) is 10.2 Å². The van der Waals surface area contributed by atoms with E-state index in [0.717, 1.165) is 6.07 Å².